The van der Waals surface area contributed by atoms with Crippen molar-refractivity contribution in [3.8, 4) is 11.4 Å². The van der Waals surface area contributed by atoms with E-state index in [4.69, 9.17) is 5.73 Å². The number of primary amides is 1. The second kappa shape index (κ2) is 7.81. The third-order valence-corrected chi connectivity index (χ3v) is 5.22. The lowest BCUT2D eigenvalue weighted by atomic mass is 10.2. The van der Waals surface area contributed by atoms with Gasteiger partial charge < -0.3 is 11.1 Å². The molecule has 0 spiro atoms. The van der Waals surface area contributed by atoms with E-state index < -0.39 is 5.91 Å². The molecule has 1 saturated carbocycles. The van der Waals surface area contributed by atoms with E-state index in [1.165, 1.54) is 11.8 Å². The van der Waals surface area contributed by atoms with Gasteiger partial charge in [-0.1, -0.05) is 11.8 Å². The van der Waals surface area contributed by atoms with Crippen LogP contribution in [0.4, 0.5) is 5.69 Å². The molecule has 0 aliphatic heterocycles. The Morgan fingerprint density at radius 3 is 2.61 bits per heavy atom. The maximum Gasteiger partial charge on any atom is 0.248 e. The number of nitrogens with zero attached hydrogens (tertiary/aromatic N) is 4. The van der Waals surface area contributed by atoms with Crippen LogP contribution in [0, 0.1) is 0 Å². The number of anilines is 1. The van der Waals surface area contributed by atoms with Crippen LogP contribution in [0.3, 0.4) is 0 Å². The molecule has 3 aromatic rings. The lowest BCUT2D eigenvalue weighted by Gasteiger charge is -2.09. The van der Waals surface area contributed by atoms with Crippen LogP contribution in [0.25, 0.3) is 11.4 Å². The van der Waals surface area contributed by atoms with E-state index in [0.29, 0.717) is 17.3 Å². The number of benzene rings is 1. The molecule has 0 unspecified atom stereocenters. The first-order chi connectivity index (χ1) is 13.6. The minimum Gasteiger partial charge on any atom is -0.366 e. The van der Waals surface area contributed by atoms with Gasteiger partial charge in [-0.3, -0.25) is 19.1 Å². The van der Waals surface area contributed by atoms with Crippen LogP contribution in [-0.2, 0) is 4.79 Å². The summed E-state index contributed by atoms with van der Waals surface area (Å²) in [5.41, 5.74) is 7.13. The summed E-state index contributed by atoms with van der Waals surface area (Å²) >= 11 is 1.35. The zero-order chi connectivity index (χ0) is 19.5. The summed E-state index contributed by atoms with van der Waals surface area (Å²) in [4.78, 5) is 27.5. The van der Waals surface area contributed by atoms with Gasteiger partial charge in [-0.05, 0) is 49.2 Å². The molecule has 1 aromatic carbocycles. The van der Waals surface area contributed by atoms with Crippen LogP contribution in [0.5, 0.6) is 0 Å². The van der Waals surface area contributed by atoms with Crippen LogP contribution < -0.4 is 11.1 Å². The fraction of sp³-hybridized carbons (Fsp3) is 0.211. The fourth-order valence-corrected chi connectivity index (χ4v) is 3.58. The number of carbonyl (C=O) groups is 2. The number of nitrogens with two attached hydrogens (primary N) is 1. The average Bonchev–Trinajstić information content (AvgIpc) is 3.46. The molecule has 1 fully saturated rings. The van der Waals surface area contributed by atoms with E-state index in [-0.39, 0.29) is 11.7 Å². The van der Waals surface area contributed by atoms with Gasteiger partial charge in [-0.25, -0.2) is 0 Å². The molecular formula is C19H18N6O2S. The topological polar surface area (TPSA) is 116 Å². The lowest BCUT2D eigenvalue weighted by molar-refractivity contribution is -0.113. The summed E-state index contributed by atoms with van der Waals surface area (Å²) in [6.45, 7) is 0. The minimum atomic E-state index is -0.503. The van der Waals surface area contributed by atoms with E-state index >= 15 is 0 Å². The normalized spacial score (nSPS) is 13.3. The summed E-state index contributed by atoms with van der Waals surface area (Å²) in [7, 11) is 0. The Bertz CT molecular complexity index is 999. The van der Waals surface area contributed by atoms with Gasteiger partial charge in [0.1, 0.15) is 0 Å². The molecule has 1 aliphatic carbocycles. The summed E-state index contributed by atoms with van der Waals surface area (Å²) in [5, 5.41) is 12.1. The van der Waals surface area contributed by atoms with Gasteiger partial charge >= 0.3 is 0 Å². The molecule has 142 valence electrons. The molecule has 0 radical (unpaired) electrons. The van der Waals surface area contributed by atoms with E-state index in [2.05, 4.69) is 25.1 Å². The molecule has 3 N–H and O–H groups in total. The van der Waals surface area contributed by atoms with E-state index in [1.54, 1.807) is 36.7 Å². The molecule has 2 amide bonds. The smallest absolute Gasteiger partial charge is 0.248 e. The third-order valence-electron chi connectivity index (χ3n) is 4.28. The van der Waals surface area contributed by atoms with Crippen molar-refractivity contribution in [1.82, 2.24) is 19.7 Å². The second-order valence-corrected chi connectivity index (χ2v) is 7.37. The van der Waals surface area contributed by atoms with Gasteiger partial charge in [0, 0.05) is 35.2 Å². The Morgan fingerprint density at radius 1 is 1.18 bits per heavy atom. The number of nitrogens with one attached hydrogen (secondary N) is 1. The highest BCUT2D eigenvalue weighted by molar-refractivity contribution is 7.99. The van der Waals surface area contributed by atoms with Crippen molar-refractivity contribution in [2.24, 2.45) is 5.73 Å². The van der Waals surface area contributed by atoms with Crippen molar-refractivity contribution in [3.63, 3.8) is 0 Å². The molecule has 4 rings (SSSR count). The molecule has 0 saturated heterocycles. The van der Waals surface area contributed by atoms with Crippen LogP contribution in [0.2, 0.25) is 0 Å². The number of aromatic nitrogens is 4. The van der Waals surface area contributed by atoms with Crippen molar-refractivity contribution in [1.29, 1.82) is 0 Å². The standard InChI is InChI=1S/C19H18N6O2S/c20-17(27)12-3-5-14(6-4-12)22-16(26)11-28-19-24-23-18(25(19)15-7-8-15)13-2-1-9-21-10-13/h1-6,9-10,15H,7-8,11H2,(H2,20,27)(H,22,26). The van der Waals surface area contributed by atoms with Crippen molar-refractivity contribution in [2.45, 2.75) is 24.0 Å². The zero-order valence-corrected chi connectivity index (χ0v) is 15.7. The van der Waals surface area contributed by atoms with Gasteiger partial charge in [0.2, 0.25) is 11.8 Å². The molecule has 2 heterocycles. The van der Waals surface area contributed by atoms with Crippen molar-refractivity contribution in [3.05, 3.63) is 54.4 Å². The predicted octanol–water partition coefficient (Wildman–Crippen LogP) is 2.50. The Morgan fingerprint density at radius 2 is 1.96 bits per heavy atom. The highest BCUT2D eigenvalue weighted by atomic mass is 32.2. The third kappa shape index (κ3) is 4.04. The van der Waals surface area contributed by atoms with E-state index in [9.17, 15) is 9.59 Å². The van der Waals surface area contributed by atoms with Crippen molar-refractivity contribution in [2.75, 3.05) is 11.1 Å². The number of thioether (sulfide) groups is 1. The molecular weight excluding hydrogens is 376 g/mol. The summed E-state index contributed by atoms with van der Waals surface area (Å²) in [6, 6.07) is 10.6. The minimum absolute atomic E-state index is 0.162. The summed E-state index contributed by atoms with van der Waals surface area (Å²) < 4.78 is 2.09. The molecule has 2 aromatic heterocycles. The van der Waals surface area contributed by atoms with Crippen LogP contribution in [0.1, 0.15) is 29.2 Å². The Balaban J connectivity index is 1.43. The van der Waals surface area contributed by atoms with E-state index in [1.807, 2.05) is 12.1 Å². The van der Waals surface area contributed by atoms with E-state index in [0.717, 1.165) is 29.4 Å². The van der Waals surface area contributed by atoms with Gasteiger partial charge in [0.25, 0.3) is 0 Å². The van der Waals surface area contributed by atoms with Gasteiger partial charge in [0.05, 0.1) is 5.75 Å². The Kier molecular flexibility index (Phi) is 5.07. The average molecular weight is 394 g/mol. The molecule has 0 bridgehead atoms. The van der Waals surface area contributed by atoms with Gasteiger partial charge in [-0.2, -0.15) is 0 Å². The lowest BCUT2D eigenvalue weighted by Crippen LogP contribution is -2.15. The first-order valence-corrected chi connectivity index (χ1v) is 9.78. The number of amides is 2. The maximum absolute atomic E-state index is 12.3. The highest BCUT2D eigenvalue weighted by Gasteiger charge is 2.30. The number of hydrogen-bond donors (Lipinski definition) is 2. The van der Waals surface area contributed by atoms with Gasteiger partial charge in [-0.15, -0.1) is 10.2 Å². The van der Waals surface area contributed by atoms with Crippen molar-refractivity contribution >= 4 is 29.3 Å². The largest absolute Gasteiger partial charge is 0.366 e. The molecule has 9 heteroatoms. The number of rotatable bonds is 7. The first kappa shape index (κ1) is 18.2. The quantitative estimate of drug-likeness (QED) is 0.595. The van der Waals surface area contributed by atoms with Crippen LogP contribution >= 0.6 is 11.8 Å². The molecule has 0 atom stereocenters. The maximum atomic E-state index is 12.3. The Labute approximate surface area is 165 Å². The zero-order valence-electron chi connectivity index (χ0n) is 14.9. The molecule has 8 nitrogen and oxygen atoms in total. The Hall–Kier alpha value is -3.20. The fourth-order valence-electron chi connectivity index (χ4n) is 2.77. The number of pyridine rings is 1. The summed E-state index contributed by atoms with van der Waals surface area (Å²) in [5.74, 6) is 0.318. The SMILES string of the molecule is NC(=O)c1ccc(NC(=O)CSc2nnc(-c3cccnc3)n2C2CC2)cc1. The highest BCUT2D eigenvalue weighted by Crippen LogP contribution is 2.40. The number of carbonyl (C=O) groups excluding carboxylic acids is 2. The summed E-state index contributed by atoms with van der Waals surface area (Å²) in [6.07, 6.45) is 5.64. The van der Waals surface area contributed by atoms with Crippen LogP contribution in [-0.4, -0.2) is 37.3 Å². The van der Waals surface area contributed by atoms with Gasteiger partial charge in [0.15, 0.2) is 11.0 Å². The molecule has 1 aliphatic rings. The van der Waals surface area contributed by atoms with Crippen molar-refractivity contribution < 1.29 is 9.59 Å². The van der Waals surface area contributed by atoms with Crippen LogP contribution in [0.15, 0.2) is 53.9 Å². The molecule has 28 heavy (non-hydrogen) atoms. The second-order valence-electron chi connectivity index (χ2n) is 6.43. The first-order valence-electron chi connectivity index (χ1n) is 8.79. The number of hydrogen-bond acceptors (Lipinski definition) is 6. The monoisotopic (exact) mass is 394 g/mol. The predicted molar refractivity (Wildman–Crippen MR) is 106 cm³/mol.